The average molecular weight is 319 g/mol. The van der Waals surface area contributed by atoms with Gasteiger partial charge >= 0.3 is 0 Å². The van der Waals surface area contributed by atoms with Crippen molar-refractivity contribution in [1.29, 1.82) is 0 Å². The number of imidazole rings is 1. The third-order valence-electron chi connectivity index (χ3n) is 4.37. The third kappa shape index (κ3) is 2.42. The van der Waals surface area contributed by atoms with Gasteiger partial charge in [0.25, 0.3) is 0 Å². The van der Waals surface area contributed by atoms with Gasteiger partial charge in [0.1, 0.15) is 5.69 Å². The number of benzene rings is 1. The highest BCUT2D eigenvalue weighted by Crippen LogP contribution is 2.36. The second-order valence-electron chi connectivity index (χ2n) is 6.32. The molecule has 0 amide bonds. The van der Waals surface area contributed by atoms with Crippen molar-refractivity contribution in [3.8, 4) is 22.6 Å². The number of nitrogens with zero attached hydrogens (tertiary/aromatic N) is 4. The Balaban J connectivity index is 1.87. The predicted molar refractivity (Wildman–Crippen MR) is 98.4 cm³/mol. The molecule has 0 aliphatic carbocycles. The summed E-state index contributed by atoms with van der Waals surface area (Å²) in [6.07, 6.45) is 0. The molecule has 122 valence electrons. The Kier molecular flexibility index (Phi) is 3.49. The minimum atomic E-state index is 0.922. The molecule has 3 heterocycles. The lowest BCUT2D eigenvalue weighted by atomic mass is 10.1. The standard InChI is InChI=1S/C19H21N5/c1-13-5-4-6-16(21-13)17-18(24-12-11-20-19(24)22-17)14-7-9-15(10-8-14)23(2)3/h4-10H,11-12H2,1-3H3,(H,20,22). The summed E-state index contributed by atoms with van der Waals surface area (Å²) >= 11 is 0. The lowest BCUT2D eigenvalue weighted by Gasteiger charge is -2.13. The fourth-order valence-corrected chi connectivity index (χ4v) is 3.15. The number of hydrogen-bond donors (Lipinski definition) is 1. The van der Waals surface area contributed by atoms with E-state index in [9.17, 15) is 0 Å². The van der Waals surface area contributed by atoms with Crippen LogP contribution in [-0.2, 0) is 6.54 Å². The summed E-state index contributed by atoms with van der Waals surface area (Å²) in [6.45, 7) is 3.86. The molecule has 1 aliphatic rings. The van der Waals surface area contributed by atoms with Gasteiger partial charge < -0.3 is 14.8 Å². The van der Waals surface area contributed by atoms with Crippen LogP contribution < -0.4 is 10.2 Å². The molecule has 1 aliphatic heterocycles. The van der Waals surface area contributed by atoms with Gasteiger partial charge in [-0.25, -0.2) is 4.98 Å². The van der Waals surface area contributed by atoms with Gasteiger partial charge in [-0.2, -0.15) is 0 Å². The number of aromatic nitrogens is 3. The van der Waals surface area contributed by atoms with Crippen LogP contribution in [0.3, 0.4) is 0 Å². The molecule has 0 unspecified atom stereocenters. The normalized spacial score (nSPS) is 12.8. The Morgan fingerprint density at radius 3 is 2.54 bits per heavy atom. The minimum absolute atomic E-state index is 0.922. The van der Waals surface area contributed by atoms with E-state index in [1.807, 2.05) is 25.1 Å². The Labute approximate surface area is 142 Å². The highest BCUT2D eigenvalue weighted by Gasteiger charge is 2.23. The van der Waals surface area contributed by atoms with E-state index in [0.29, 0.717) is 0 Å². The fraction of sp³-hybridized carbons (Fsp3) is 0.263. The van der Waals surface area contributed by atoms with Crippen molar-refractivity contribution >= 4 is 11.6 Å². The first-order valence-corrected chi connectivity index (χ1v) is 8.19. The molecule has 4 rings (SSSR count). The number of pyridine rings is 1. The highest BCUT2D eigenvalue weighted by atomic mass is 15.3. The SMILES string of the molecule is Cc1cccc(-c2nc3n(c2-c2ccc(N(C)C)cc2)CCN3)n1. The molecular formula is C19H21N5. The smallest absolute Gasteiger partial charge is 0.204 e. The molecule has 0 saturated heterocycles. The molecule has 1 aromatic carbocycles. The Morgan fingerprint density at radius 1 is 1.04 bits per heavy atom. The maximum Gasteiger partial charge on any atom is 0.204 e. The van der Waals surface area contributed by atoms with E-state index in [1.165, 1.54) is 11.3 Å². The second kappa shape index (κ2) is 5.67. The zero-order valence-corrected chi connectivity index (χ0v) is 14.2. The van der Waals surface area contributed by atoms with Gasteiger partial charge in [0.2, 0.25) is 5.95 Å². The number of fused-ring (bicyclic) bond motifs is 1. The van der Waals surface area contributed by atoms with E-state index >= 15 is 0 Å². The van der Waals surface area contributed by atoms with Crippen molar-refractivity contribution in [3.63, 3.8) is 0 Å². The van der Waals surface area contributed by atoms with Crippen molar-refractivity contribution in [2.75, 3.05) is 30.9 Å². The Bertz CT molecular complexity index is 877. The summed E-state index contributed by atoms with van der Waals surface area (Å²) in [5.74, 6) is 0.931. The maximum absolute atomic E-state index is 4.81. The molecule has 3 aromatic rings. The van der Waals surface area contributed by atoms with Crippen LogP contribution in [0.25, 0.3) is 22.6 Å². The number of rotatable bonds is 3. The van der Waals surface area contributed by atoms with Crippen LogP contribution >= 0.6 is 0 Å². The van der Waals surface area contributed by atoms with Crippen molar-refractivity contribution in [3.05, 3.63) is 48.2 Å². The van der Waals surface area contributed by atoms with E-state index in [4.69, 9.17) is 4.98 Å². The summed E-state index contributed by atoms with van der Waals surface area (Å²) < 4.78 is 2.25. The monoisotopic (exact) mass is 319 g/mol. The Hall–Kier alpha value is -2.82. The molecule has 24 heavy (non-hydrogen) atoms. The molecule has 0 spiro atoms. The summed E-state index contributed by atoms with van der Waals surface area (Å²) in [7, 11) is 4.11. The quantitative estimate of drug-likeness (QED) is 0.803. The third-order valence-corrected chi connectivity index (χ3v) is 4.37. The highest BCUT2D eigenvalue weighted by molar-refractivity contribution is 5.80. The van der Waals surface area contributed by atoms with Crippen molar-refractivity contribution in [1.82, 2.24) is 14.5 Å². The van der Waals surface area contributed by atoms with Crippen LogP contribution in [0.15, 0.2) is 42.5 Å². The van der Waals surface area contributed by atoms with Gasteiger partial charge in [0.05, 0.1) is 11.4 Å². The molecule has 5 nitrogen and oxygen atoms in total. The first-order valence-electron chi connectivity index (χ1n) is 8.19. The Morgan fingerprint density at radius 2 is 1.83 bits per heavy atom. The fourth-order valence-electron chi connectivity index (χ4n) is 3.15. The first-order chi connectivity index (χ1) is 11.6. The molecular weight excluding hydrogens is 298 g/mol. The summed E-state index contributed by atoms with van der Waals surface area (Å²) in [5.41, 5.74) is 6.36. The zero-order valence-electron chi connectivity index (χ0n) is 14.2. The number of hydrogen-bond acceptors (Lipinski definition) is 4. The number of anilines is 2. The molecule has 2 aromatic heterocycles. The summed E-state index contributed by atoms with van der Waals surface area (Å²) in [6, 6.07) is 14.7. The molecule has 0 atom stereocenters. The lowest BCUT2D eigenvalue weighted by Crippen LogP contribution is -2.08. The van der Waals surface area contributed by atoms with E-state index in [-0.39, 0.29) is 0 Å². The minimum Gasteiger partial charge on any atom is -0.378 e. The van der Waals surface area contributed by atoms with E-state index in [0.717, 1.165) is 41.8 Å². The van der Waals surface area contributed by atoms with Gasteiger partial charge in [-0.15, -0.1) is 0 Å². The zero-order chi connectivity index (χ0) is 16.7. The van der Waals surface area contributed by atoms with Crippen molar-refractivity contribution in [2.24, 2.45) is 0 Å². The largest absolute Gasteiger partial charge is 0.378 e. The molecule has 1 N–H and O–H groups in total. The molecule has 5 heteroatoms. The lowest BCUT2D eigenvalue weighted by molar-refractivity contribution is 0.817. The maximum atomic E-state index is 4.81. The second-order valence-corrected chi connectivity index (χ2v) is 6.32. The van der Waals surface area contributed by atoms with Crippen LogP contribution in [0.2, 0.25) is 0 Å². The van der Waals surface area contributed by atoms with Crippen LogP contribution in [-0.4, -0.2) is 35.2 Å². The molecule has 0 bridgehead atoms. The van der Waals surface area contributed by atoms with Gasteiger partial charge in [0, 0.05) is 44.1 Å². The van der Waals surface area contributed by atoms with E-state index in [2.05, 4.69) is 58.1 Å². The summed E-state index contributed by atoms with van der Waals surface area (Å²) in [5, 5.41) is 3.36. The van der Waals surface area contributed by atoms with Gasteiger partial charge in [-0.1, -0.05) is 18.2 Å². The molecule has 0 saturated carbocycles. The van der Waals surface area contributed by atoms with Crippen LogP contribution in [0.1, 0.15) is 5.69 Å². The van der Waals surface area contributed by atoms with Crippen LogP contribution in [0, 0.1) is 6.92 Å². The van der Waals surface area contributed by atoms with Crippen LogP contribution in [0.5, 0.6) is 0 Å². The number of aryl methyl sites for hydroxylation is 1. The number of nitrogens with one attached hydrogen (secondary N) is 1. The first kappa shape index (κ1) is 14.8. The van der Waals surface area contributed by atoms with E-state index in [1.54, 1.807) is 0 Å². The average Bonchev–Trinajstić information content (AvgIpc) is 3.15. The van der Waals surface area contributed by atoms with Crippen LogP contribution in [0.4, 0.5) is 11.6 Å². The van der Waals surface area contributed by atoms with Crippen molar-refractivity contribution < 1.29 is 0 Å². The summed E-state index contributed by atoms with van der Waals surface area (Å²) in [4.78, 5) is 11.6. The topological polar surface area (TPSA) is 46.0 Å². The van der Waals surface area contributed by atoms with Gasteiger partial charge in [-0.3, -0.25) is 4.98 Å². The van der Waals surface area contributed by atoms with Gasteiger partial charge in [-0.05, 0) is 31.2 Å². The molecule has 0 fully saturated rings. The predicted octanol–water partition coefficient (Wildman–Crippen LogP) is 3.41. The van der Waals surface area contributed by atoms with Gasteiger partial charge in [0.15, 0.2) is 0 Å². The molecule has 0 radical (unpaired) electrons. The van der Waals surface area contributed by atoms with Crippen molar-refractivity contribution in [2.45, 2.75) is 13.5 Å². The van der Waals surface area contributed by atoms with E-state index < -0.39 is 0 Å².